The molecule has 3 nitrogen and oxygen atoms in total. The van der Waals surface area contributed by atoms with Crippen molar-refractivity contribution in [3.63, 3.8) is 0 Å². The summed E-state index contributed by atoms with van der Waals surface area (Å²) in [5.74, 6) is 2.41. The molecule has 0 unspecified atom stereocenters. The Bertz CT molecular complexity index is 255. The van der Waals surface area contributed by atoms with Gasteiger partial charge in [-0.2, -0.15) is 0 Å². The minimum atomic E-state index is 0.562. The second-order valence-electron chi connectivity index (χ2n) is 2.88. The maximum Gasteiger partial charge on any atom is 0.128 e. The van der Waals surface area contributed by atoms with Crippen molar-refractivity contribution < 1.29 is 0 Å². The molecule has 1 aromatic rings. The van der Waals surface area contributed by atoms with Crippen LogP contribution in [0.5, 0.6) is 0 Å². The van der Waals surface area contributed by atoms with Crippen molar-refractivity contribution in [3.05, 3.63) is 11.9 Å². The summed E-state index contributed by atoms with van der Waals surface area (Å²) in [6.45, 7) is 4.04. The molecular weight excluding hydrogens is 182 g/mol. The number of thioether (sulfide) groups is 1. The lowest BCUT2D eigenvalue weighted by Crippen LogP contribution is -1.96. The van der Waals surface area contributed by atoms with E-state index in [4.69, 9.17) is 5.73 Å². The van der Waals surface area contributed by atoms with Gasteiger partial charge in [0.25, 0.3) is 0 Å². The largest absolute Gasteiger partial charge is 0.384 e. The summed E-state index contributed by atoms with van der Waals surface area (Å²) in [6.07, 6.45) is 2.43. The highest BCUT2D eigenvalue weighted by molar-refractivity contribution is 7.99. The number of aromatic nitrogens is 2. The monoisotopic (exact) mass is 197 g/mol. The number of hydrogen-bond acceptors (Lipinski definition) is 4. The van der Waals surface area contributed by atoms with Crippen molar-refractivity contribution in [1.29, 1.82) is 0 Å². The predicted molar refractivity (Wildman–Crippen MR) is 56.8 cm³/mol. The maximum atomic E-state index is 5.60. The molecule has 0 aliphatic rings. The van der Waals surface area contributed by atoms with Crippen LogP contribution < -0.4 is 5.73 Å². The summed E-state index contributed by atoms with van der Waals surface area (Å²) in [7, 11) is 0. The zero-order valence-electron chi connectivity index (χ0n) is 8.08. The van der Waals surface area contributed by atoms with Gasteiger partial charge >= 0.3 is 0 Å². The lowest BCUT2D eigenvalue weighted by atomic mass is 10.4. The van der Waals surface area contributed by atoms with Crippen molar-refractivity contribution in [3.8, 4) is 0 Å². The van der Waals surface area contributed by atoms with Crippen LogP contribution in [0.2, 0.25) is 0 Å². The number of aryl methyl sites for hydroxylation is 1. The van der Waals surface area contributed by atoms with Crippen molar-refractivity contribution in [2.24, 2.45) is 0 Å². The lowest BCUT2D eigenvalue weighted by Gasteiger charge is -2.01. The van der Waals surface area contributed by atoms with E-state index < -0.39 is 0 Å². The molecule has 0 amide bonds. The molecule has 2 N–H and O–H groups in total. The molecule has 0 saturated carbocycles. The van der Waals surface area contributed by atoms with E-state index in [1.54, 1.807) is 11.8 Å². The molecule has 1 aromatic heterocycles. The summed E-state index contributed by atoms with van der Waals surface area (Å²) in [6, 6.07) is 1.83. The van der Waals surface area contributed by atoms with E-state index in [0.29, 0.717) is 5.82 Å². The van der Waals surface area contributed by atoms with Gasteiger partial charge < -0.3 is 5.73 Å². The van der Waals surface area contributed by atoms with Crippen LogP contribution in [0.3, 0.4) is 0 Å². The number of nitrogens with zero attached hydrogens (tertiary/aromatic N) is 2. The summed E-state index contributed by atoms with van der Waals surface area (Å²) in [5, 5.41) is 0.985. The van der Waals surface area contributed by atoms with Gasteiger partial charge in [0.2, 0.25) is 0 Å². The Hall–Kier alpha value is -0.770. The zero-order chi connectivity index (χ0) is 9.68. The van der Waals surface area contributed by atoms with Crippen LogP contribution in [0.1, 0.15) is 25.6 Å². The van der Waals surface area contributed by atoms with Crippen molar-refractivity contribution >= 4 is 17.6 Å². The third kappa shape index (κ3) is 3.63. The lowest BCUT2D eigenvalue weighted by molar-refractivity contribution is 0.892. The van der Waals surface area contributed by atoms with Gasteiger partial charge in [-0.05, 0) is 19.1 Å². The molecule has 0 radical (unpaired) electrons. The molecule has 1 rings (SSSR count). The van der Waals surface area contributed by atoms with Crippen LogP contribution in [0.4, 0.5) is 5.82 Å². The van der Waals surface area contributed by atoms with Crippen LogP contribution in [0.15, 0.2) is 11.1 Å². The molecule has 4 heteroatoms. The van der Waals surface area contributed by atoms with Crippen LogP contribution in [0.25, 0.3) is 0 Å². The highest BCUT2D eigenvalue weighted by atomic mass is 32.2. The van der Waals surface area contributed by atoms with Gasteiger partial charge in [-0.15, -0.1) is 11.8 Å². The van der Waals surface area contributed by atoms with Gasteiger partial charge in [0, 0.05) is 6.07 Å². The number of anilines is 1. The number of rotatable bonds is 4. The van der Waals surface area contributed by atoms with Crippen molar-refractivity contribution in [2.45, 2.75) is 31.7 Å². The van der Waals surface area contributed by atoms with Gasteiger partial charge in [-0.1, -0.05) is 13.3 Å². The van der Waals surface area contributed by atoms with Crippen LogP contribution in [-0.4, -0.2) is 15.7 Å². The molecule has 0 spiro atoms. The fourth-order valence-electron chi connectivity index (χ4n) is 0.957. The quantitative estimate of drug-likeness (QED) is 0.457. The van der Waals surface area contributed by atoms with Crippen LogP contribution in [-0.2, 0) is 0 Å². The molecule has 1 heterocycles. The standard InChI is InChI=1S/C9H15N3S/c1-3-4-5-13-9-6-8(10)11-7(2)12-9/h6H,3-5H2,1-2H3,(H2,10,11,12). The number of nitrogens with two attached hydrogens (primary N) is 1. The number of nitrogen functional groups attached to an aromatic ring is 1. The predicted octanol–water partition coefficient (Wildman–Crippen LogP) is 2.26. The first-order valence-electron chi connectivity index (χ1n) is 4.46. The molecule has 72 valence electrons. The van der Waals surface area contributed by atoms with Crippen LogP contribution in [0, 0.1) is 6.92 Å². The average Bonchev–Trinajstić information content (AvgIpc) is 2.03. The minimum absolute atomic E-state index is 0.562. The smallest absolute Gasteiger partial charge is 0.128 e. The van der Waals surface area contributed by atoms with E-state index in [9.17, 15) is 0 Å². The van der Waals surface area contributed by atoms with E-state index in [0.717, 1.165) is 16.6 Å². The fraction of sp³-hybridized carbons (Fsp3) is 0.556. The third-order valence-corrected chi connectivity index (χ3v) is 2.58. The summed E-state index contributed by atoms with van der Waals surface area (Å²) >= 11 is 1.74. The van der Waals surface area contributed by atoms with Gasteiger partial charge in [0.05, 0.1) is 0 Å². The Morgan fingerprint density at radius 1 is 1.46 bits per heavy atom. The summed E-state index contributed by atoms with van der Waals surface area (Å²) in [4.78, 5) is 8.29. The first-order chi connectivity index (χ1) is 6.22. The SMILES string of the molecule is CCCCSc1cc(N)nc(C)n1. The molecule has 0 atom stereocenters. The molecule has 13 heavy (non-hydrogen) atoms. The Balaban J connectivity index is 2.56. The highest BCUT2D eigenvalue weighted by Crippen LogP contribution is 2.18. The Morgan fingerprint density at radius 3 is 2.85 bits per heavy atom. The highest BCUT2D eigenvalue weighted by Gasteiger charge is 1.98. The van der Waals surface area contributed by atoms with Gasteiger partial charge in [-0.25, -0.2) is 9.97 Å². The maximum absolute atomic E-state index is 5.60. The summed E-state index contributed by atoms with van der Waals surface area (Å²) < 4.78 is 0. The van der Waals surface area contributed by atoms with E-state index in [-0.39, 0.29) is 0 Å². The van der Waals surface area contributed by atoms with Gasteiger partial charge in [0.1, 0.15) is 16.7 Å². The normalized spacial score (nSPS) is 10.3. The minimum Gasteiger partial charge on any atom is -0.384 e. The van der Waals surface area contributed by atoms with E-state index in [1.165, 1.54) is 12.8 Å². The topological polar surface area (TPSA) is 51.8 Å². The average molecular weight is 197 g/mol. The van der Waals surface area contributed by atoms with E-state index >= 15 is 0 Å². The Morgan fingerprint density at radius 2 is 2.23 bits per heavy atom. The Labute approximate surface area is 83.2 Å². The van der Waals surface area contributed by atoms with Crippen molar-refractivity contribution in [2.75, 3.05) is 11.5 Å². The molecule has 0 fully saturated rings. The zero-order valence-corrected chi connectivity index (χ0v) is 8.90. The number of hydrogen-bond donors (Lipinski definition) is 1. The van der Waals surface area contributed by atoms with Gasteiger partial charge in [0.15, 0.2) is 0 Å². The van der Waals surface area contributed by atoms with E-state index in [2.05, 4.69) is 16.9 Å². The van der Waals surface area contributed by atoms with Crippen LogP contribution >= 0.6 is 11.8 Å². The second-order valence-corrected chi connectivity index (χ2v) is 4.00. The molecule has 0 bridgehead atoms. The van der Waals surface area contributed by atoms with Crippen molar-refractivity contribution in [1.82, 2.24) is 9.97 Å². The van der Waals surface area contributed by atoms with Gasteiger partial charge in [-0.3, -0.25) is 0 Å². The van der Waals surface area contributed by atoms with E-state index in [1.807, 2.05) is 13.0 Å². The molecule has 0 saturated heterocycles. The Kier molecular flexibility index (Phi) is 4.02. The summed E-state index contributed by atoms with van der Waals surface area (Å²) in [5.41, 5.74) is 5.60. The first-order valence-corrected chi connectivity index (χ1v) is 5.45. The molecular formula is C9H15N3S. The number of unbranched alkanes of at least 4 members (excludes halogenated alkanes) is 1. The molecule has 0 aromatic carbocycles. The molecule has 0 aliphatic heterocycles. The second kappa shape index (κ2) is 5.07. The first kappa shape index (κ1) is 10.3. The molecule has 0 aliphatic carbocycles. The fourth-order valence-corrected chi connectivity index (χ4v) is 2.00. The third-order valence-electron chi connectivity index (χ3n) is 1.58.